The molecular weight excluding hydrogens is 354 g/mol. The molecule has 0 N–H and O–H groups in total. The Hall–Kier alpha value is -2.03. The summed E-state index contributed by atoms with van der Waals surface area (Å²) in [4.78, 5) is 5.25. The highest BCUT2D eigenvalue weighted by atomic mass is 35.7. The average Bonchev–Trinajstić information content (AvgIpc) is 2.82. The van der Waals surface area contributed by atoms with E-state index in [4.69, 9.17) is 18.6 Å². The maximum Gasteiger partial charge on any atom is 0.465 e. The first-order valence-corrected chi connectivity index (χ1v) is 8.77. The number of benzene rings is 2. The third-order valence-electron chi connectivity index (χ3n) is 3.00. The Morgan fingerprint density at radius 2 is 1.58 bits per heavy atom. The average molecular weight is 368 g/mol. The van der Waals surface area contributed by atoms with Crippen molar-refractivity contribution in [2.75, 3.05) is 0 Å². The third-order valence-corrected chi connectivity index (χ3v) is 4.10. The van der Waals surface area contributed by atoms with Gasteiger partial charge in [-0.2, -0.15) is 0 Å². The normalized spacial score (nSPS) is 10.8. The molecule has 0 radical (unpaired) electrons. The number of nitrogens with zero attached hydrogens (tertiary/aromatic N) is 3. The Balaban J connectivity index is 0.000000368. The summed E-state index contributed by atoms with van der Waals surface area (Å²) >= 11 is 1.65. The minimum Gasteiger partial charge on any atom is -0.222 e. The van der Waals surface area contributed by atoms with Gasteiger partial charge in [0.15, 0.2) is 0 Å². The largest absolute Gasteiger partial charge is 0.465 e. The molecule has 24 heavy (non-hydrogen) atoms. The summed E-state index contributed by atoms with van der Waals surface area (Å²) in [5.74, 6) is 0. The Bertz CT molecular complexity index is 916. The lowest BCUT2D eigenvalue weighted by atomic mass is 10.2. The zero-order valence-electron chi connectivity index (χ0n) is 12.9. The first kappa shape index (κ1) is 18.3. The van der Waals surface area contributed by atoms with Crippen LogP contribution >= 0.6 is 11.3 Å². The summed E-state index contributed by atoms with van der Waals surface area (Å²) in [6.45, 7) is 2.06. The van der Waals surface area contributed by atoms with E-state index in [-0.39, 0.29) is 0 Å². The van der Waals surface area contributed by atoms with Crippen molar-refractivity contribution in [3.63, 3.8) is 0 Å². The van der Waals surface area contributed by atoms with Crippen LogP contribution in [0.4, 0.5) is 5.69 Å². The van der Waals surface area contributed by atoms with Crippen molar-refractivity contribution in [2.24, 2.45) is 12.2 Å². The summed E-state index contributed by atoms with van der Waals surface area (Å²) in [5, 5.41) is 4.29. The molecule has 0 aliphatic carbocycles. The number of aryl methyl sites for hydroxylation is 2. The van der Waals surface area contributed by atoms with Crippen molar-refractivity contribution < 1.29 is 33.7 Å². The molecule has 0 unspecified atom stereocenters. The molecule has 0 bridgehead atoms. The fourth-order valence-electron chi connectivity index (χ4n) is 1.89. The lowest BCUT2D eigenvalue weighted by Crippen LogP contribution is -2.68. The van der Waals surface area contributed by atoms with Crippen LogP contribution in [0, 0.1) is 17.2 Å². The molecule has 0 aliphatic heterocycles. The van der Waals surface area contributed by atoms with E-state index in [9.17, 15) is 0 Å². The van der Waals surface area contributed by atoms with Gasteiger partial charge in [0.05, 0.1) is 11.7 Å². The van der Waals surface area contributed by atoms with Crippen molar-refractivity contribution in [2.45, 2.75) is 6.92 Å². The molecule has 3 aromatic rings. The quantitative estimate of drug-likeness (QED) is 0.391. The second-order valence-electron chi connectivity index (χ2n) is 4.82. The Morgan fingerprint density at radius 1 is 1.00 bits per heavy atom. The molecule has 0 fully saturated rings. The van der Waals surface area contributed by atoms with Gasteiger partial charge in [-0.3, -0.25) is 0 Å². The first-order valence-electron chi connectivity index (χ1n) is 6.72. The molecule has 0 atom stereocenters. The summed E-state index contributed by atoms with van der Waals surface area (Å²) in [5.41, 5.74) is 3.29. The molecule has 2 aromatic carbocycles. The zero-order valence-corrected chi connectivity index (χ0v) is 14.5. The topological polar surface area (TPSA) is 124 Å². The summed E-state index contributed by atoms with van der Waals surface area (Å²) in [7, 11) is -2.93. The van der Waals surface area contributed by atoms with Gasteiger partial charge in [-0.05, 0) is 42.5 Å². The van der Waals surface area contributed by atoms with Crippen LogP contribution in [0.2, 0.25) is 0 Å². The number of aromatic nitrogens is 1. The van der Waals surface area contributed by atoms with Gasteiger partial charge in [0.1, 0.15) is 11.2 Å². The van der Waals surface area contributed by atoms with E-state index < -0.39 is 10.2 Å². The van der Waals surface area contributed by atoms with Gasteiger partial charge >= 0.3 is 4.80 Å². The van der Waals surface area contributed by atoms with Crippen LogP contribution in [-0.4, -0.2) is 9.36 Å². The zero-order chi connectivity index (χ0) is 17.7. The van der Waals surface area contributed by atoms with Crippen LogP contribution < -0.4 is 23.4 Å². The first-order chi connectivity index (χ1) is 11.2. The predicted molar refractivity (Wildman–Crippen MR) is 77.5 cm³/mol. The second-order valence-corrected chi connectivity index (χ2v) is 6.59. The van der Waals surface area contributed by atoms with Crippen LogP contribution in [0.25, 0.3) is 10.2 Å². The fraction of sp³-hybridized carbons (Fsp3) is 0.133. The van der Waals surface area contributed by atoms with Crippen LogP contribution in [0.15, 0.2) is 53.6 Å². The number of hydrogen-bond acceptors (Lipinski definition) is 6. The van der Waals surface area contributed by atoms with E-state index in [1.165, 1.54) is 15.8 Å². The van der Waals surface area contributed by atoms with Crippen LogP contribution in [0.3, 0.4) is 0 Å². The Morgan fingerprint density at radius 3 is 2.17 bits per heavy atom. The van der Waals surface area contributed by atoms with E-state index in [1.54, 1.807) is 11.3 Å². The van der Waals surface area contributed by atoms with E-state index in [2.05, 4.69) is 33.5 Å². The highest BCUT2D eigenvalue weighted by Crippen LogP contribution is 2.15. The van der Waals surface area contributed by atoms with Gasteiger partial charge in [-0.15, -0.1) is 10.2 Å². The molecule has 7 nitrogen and oxygen atoms in total. The number of halogens is 1. The maximum atomic E-state index is 8.49. The van der Waals surface area contributed by atoms with Crippen molar-refractivity contribution in [3.8, 4) is 0 Å². The molecule has 0 saturated heterocycles. The van der Waals surface area contributed by atoms with E-state index in [0.717, 1.165) is 10.5 Å². The summed E-state index contributed by atoms with van der Waals surface area (Å²) in [6.07, 6.45) is 0. The van der Waals surface area contributed by atoms with E-state index in [1.807, 2.05) is 43.4 Å². The molecule has 1 heterocycles. The molecule has 0 aliphatic rings. The van der Waals surface area contributed by atoms with Crippen LogP contribution in [0.1, 0.15) is 5.56 Å². The van der Waals surface area contributed by atoms with Gasteiger partial charge in [-0.1, -0.05) is 34.6 Å². The number of thiazole rings is 1. The predicted octanol–water partition coefficient (Wildman–Crippen LogP) is -1.31. The van der Waals surface area contributed by atoms with Crippen molar-refractivity contribution in [1.29, 1.82) is 0 Å². The monoisotopic (exact) mass is 367 g/mol. The number of para-hydroxylation sites is 1. The summed E-state index contributed by atoms with van der Waals surface area (Å²) < 4.78 is 37.3. The molecule has 9 heteroatoms. The molecule has 0 spiro atoms. The fourth-order valence-corrected chi connectivity index (χ4v) is 2.86. The summed E-state index contributed by atoms with van der Waals surface area (Å²) in [6, 6.07) is 16.3. The second kappa shape index (κ2) is 7.69. The van der Waals surface area contributed by atoms with Crippen LogP contribution in [-0.2, 0) is 7.05 Å². The van der Waals surface area contributed by atoms with Gasteiger partial charge in [0.25, 0.3) is 0 Å². The highest BCUT2D eigenvalue weighted by Gasteiger charge is 2.09. The lowest BCUT2D eigenvalue weighted by molar-refractivity contribution is -2.00. The molecular formula is C15H14ClN3O4S. The minimum absolute atomic E-state index is 0.878. The smallest absolute Gasteiger partial charge is 0.222 e. The Kier molecular flexibility index (Phi) is 5.87. The van der Waals surface area contributed by atoms with Crippen LogP contribution in [0.5, 0.6) is 0 Å². The van der Waals surface area contributed by atoms with Crippen molar-refractivity contribution >= 4 is 27.2 Å². The molecule has 0 amide bonds. The van der Waals surface area contributed by atoms with E-state index in [0.29, 0.717) is 0 Å². The van der Waals surface area contributed by atoms with Gasteiger partial charge in [-0.25, -0.2) is 23.2 Å². The Labute approximate surface area is 143 Å². The third kappa shape index (κ3) is 5.55. The molecule has 1 aromatic heterocycles. The molecule has 0 saturated carbocycles. The molecule has 126 valence electrons. The number of hydrogen-bond donors (Lipinski definition) is 0. The van der Waals surface area contributed by atoms with Gasteiger partial charge < -0.3 is 0 Å². The highest BCUT2D eigenvalue weighted by molar-refractivity contribution is 7.16. The van der Waals surface area contributed by atoms with E-state index >= 15 is 0 Å². The number of rotatable bonds is 1. The minimum atomic E-state index is -4.94. The van der Waals surface area contributed by atoms with Gasteiger partial charge in [0, 0.05) is 5.11 Å². The lowest BCUT2D eigenvalue weighted by Gasteiger charge is -2.17. The standard InChI is InChI=1S/C15H14N3S.ClHO4/c1-11-7-9-12(10-8-11)16-17-15-18(2)13-5-3-4-6-14(13)19-15;2-1(3,4)5/h3-10H,1-2H3;(H,2,3,4,5)/q+1;/p-1. The number of fused-ring (bicyclic) bond motifs is 1. The van der Waals surface area contributed by atoms with Gasteiger partial charge in [0.2, 0.25) is 0 Å². The SMILES string of the molecule is Cc1ccc(N=[N+]=c2sc3ccccc3n2C)cc1.[O-][Cl+3]([O-])([O-])[O-]. The maximum absolute atomic E-state index is 8.49. The van der Waals surface area contributed by atoms with Crippen molar-refractivity contribution in [3.05, 3.63) is 58.9 Å². The molecule has 3 rings (SSSR count). The van der Waals surface area contributed by atoms with Crippen molar-refractivity contribution in [1.82, 2.24) is 4.57 Å².